The highest BCUT2D eigenvalue weighted by atomic mass is 19.4. The van der Waals surface area contributed by atoms with Crippen LogP contribution in [0.1, 0.15) is 24.8 Å². The van der Waals surface area contributed by atoms with Crippen molar-refractivity contribution in [3.63, 3.8) is 0 Å². The number of unbranched alkanes of at least 4 members (excludes halogenated alkanes) is 2. The molecule has 2 nitrogen and oxygen atoms in total. The molecule has 96 valence electrons. The maximum absolute atomic E-state index is 12.2. The van der Waals surface area contributed by atoms with Crippen molar-refractivity contribution < 1.29 is 23.0 Å². The number of ether oxygens (including phenoxy) is 1. The van der Waals surface area contributed by atoms with Crippen molar-refractivity contribution in [1.29, 1.82) is 0 Å². The monoisotopic (exact) mass is 248 g/mol. The van der Waals surface area contributed by atoms with Crippen LogP contribution >= 0.6 is 0 Å². The lowest BCUT2D eigenvalue weighted by molar-refractivity contribution is -0.137. The van der Waals surface area contributed by atoms with E-state index in [-0.39, 0.29) is 6.61 Å². The molecular formula is C12H15F3O2. The summed E-state index contributed by atoms with van der Waals surface area (Å²) in [5.74, 6) is 0.432. The van der Waals surface area contributed by atoms with Gasteiger partial charge in [0.2, 0.25) is 0 Å². The summed E-state index contributed by atoms with van der Waals surface area (Å²) in [4.78, 5) is 0. The third kappa shape index (κ3) is 5.08. The lowest BCUT2D eigenvalue weighted by Gasteiger charge is -2.09. The van der Waals surface area contributed by atoms with Crippen LogP contribution < -0.4 is 4.74 Å². The summed E-state index contributed by atoms with van der Waals surface area (Å²) in [5, 5.41) is 8.54. The van der Waals surface area contributed by atoms with Gasteiger partial charge in [-0.25, -0.2) is 0 Å². The first kappa shape index (κ1) is 13.8. The normalized spacial score (nSPS) is 11.5. The summed E-state index contributed by atoms with van der Waals surface area (Å²) in [6.45, 7) is 0.603. The molecule has 0 radical (unpaired) electrons. The average Bonchev–Trinajstić information content (AvgIpc) is 2.28. The molecule has 0 unspecified atom stereocenters. The maximum atomic E-state index is 12.2. The Morgan fingerprint density at radius 3 is 2.18 bits per heavy atom. The zero-order valence-corrected chi connectivity index (χ0v) is 9.33. The highest BCUT2D eigenvalue weighted by molar-refractivity contribution is 5.28. The van der Waals surface area contributed by atoms with Crippen molar-refractivity contribution in [2.75, 3.05) is 13.2 Å². The van der Waals surface area contributed by atoms with Gasteiger partial charge in [0, 0.05) is 6.61 Å². The van der Waals surface area contributed by atoms with Crippen molar-refractivity contribution in [3.05, 3.63) is 29.8 Å². The molecule has 0 heterocycles. The summed E-state index contributed by atoms with van der Waals surface area (Å²) in [6.07, 6.45) is -1.96. The highest BCUT2D eigenvalue weighted by Crippen LogP contribution is 2.30. The number of halogens is 3. The summed E-state index contributed by atoms with van der Waals surface area (Å²) >= 11 is 0. The number of alkyl halides is 3. The van der Waals surface area contributed by atoms with Crippen molar-refractivity contribution in [1.82, 2.24) is 0 Å². The van der Waals surface area contributed by atoms with Gasteiger partial charge >= 0.3 is 6.18 Å². The van der Waals surface area contributed by atoms with Crippen LogP contribution in [0.5, 0.6) is 5.75 Å². The fraction of sp³-hybridized carbons (Fsp3) is 0.500. The molecule has 1 aromatic rings. The van der Waals surface area contributed by atoms with E-state index in [2.05, 4.69) is 0 Å². The number of benzene rings is 1. The summed E-state index contributed by atoms with van der Waals surface area (Å²) in [7, 11) is 0. The Labute approximate surface area is 98.0 Å². The summed E-state index contributed by atoms with van der Waals surface area (Å²) < 4.78 is 42.0. The molecule has 0 aromatic heterocycles. The number of aliphatic hydroxyl groups is 1. The lowest BCUT2D eigenvalue weighted by atomic mass is 10.2. The molecule has 0 atom stereocenters. The molecule has 5 heteroatoms. The smallest absolute Gasteiger partial charge is 0.416 e. The van der Waals surface area contributed by atoms with Crippen molar-refractivity contribution >= 4 is 0 Å². The Morgan fingerprint density at radius 1 is 1.00 bits per heavy atom. The van der Waals surface area contributed by atoms with Gasteiger partial charge < -0.3 is 9.84 Å². The molecule has 0 aliphatic heterocycles. The largest absolute Gasteiger partial charge is 0.494 e. The van der Waals surface area contributed by atoms with E-state index < -0.39 is 11.7 Å². The van der Waals surface area contributed by atoms with Crippen molar-refractivity contribution in [2.24, 2.45) is 0 Å². The van der Waals surface area contributed by atoms with Crippen LogP contribution in [0.3, 0.4) is 0 Å². The SMILES string of the molecule is OCCCCCOc1ccc(C(F)(F)F)cc1. The van der Waals surface area contributed by atoms with Gasteiger partial charge in [-0.3, -0.25) is 0 Å². The van der Waals surface area contributed by atoms with Crippen LogP contribution in [0.15, 0.2) is 24.3 Å². The molecule has 0 fully saturated rings. The highest BCUT2D eigenvalue weighted by Gasteiger charge is 2.29. The van der Waals surface area contributed by atoms with Crippen LogP contribution in [0.2, 0.25) is 0 Å². The molecule has 0 spiro atoms. The zero-order chi connectivity index (χ0) is 12.7. The van der Waals surface area contributed by atoms with Crippen LogP contribution in [0.4, 0.5) is 13.2 Å². The lowest BCUT2D eigenvalue weighted by Crippen LogP contribution is -2.04. The van der Waals surface area contributed by atoms with Gasteiger partial charge in [0.25, 0.3) is 0 Å². The van der Waals surface area contributed by atoms with Gasteiger partial charge in [-0.2, -0.15) is 13.2 Å². The fourth-order valence-corrected chi connectivity index (χ4v) is 1.32. The van der Waals surface area contributed by atoms with Gasteiger partial charge in [-0.15, -0.1) is 0 Å². The maximum Gasteiger partial charge on any atom is 0.416 e. The predicted octanol–water partition coefficient (Wildman–Crippen LogP) is 3.25. The Bertz CT molecular complexity index is 320. The molecule has 1 N–H and O–H groups in total. The zero-order valence-electron chi connectivity index (χ0n) is 9.33. The second-order valence-corrected chi connectivity index (χ2v) is 3.65. The van der Waals surface area contributed by atoms with E-state index in [0.29, 0.717) is 12.4 Å². The molecule has 1 aromatic carbocycles. The number of hydrogen-bond donors (Lipinski definition) is 1. The second-order valence-electron chi connectivity index (χ2n) is 3.65. The number of rotatable bonds is 6. The first-order chi connectivity index (χ1) is 8.04. The van der Waals surface area contributed by atoms with Crippen LogP contribution in [-0.2, 0) is 6.18 Å². The average molecular weight is 248 g/mol. The van der Waals surface area contributed by atoms with Crippen LogP contribution in [-0.4, -0.2) is 18.3 Å². The third-order valence-corrected chi connectivity index (χ3v) is 2.25. The van der Waals surface area contributed by atoms with Gasteiger partial charge in [0.1, 0.15) is 5.75 Å². The summed E-state index contributed by atoms with van der Waals surface area (Å²) in [6, 6.07) is 4.63. The quantitative estimate of drug-likeness (QED) is 0.783. The molecule has 0 saturated carbocycles. The Morgan fingerprint density at radius 2 is 1.65 bits per heavy atom. The Balaban J connectivity index is 2.36. The van der Waals surface area contributed by atoms with Gasteiger partial charge in [-0.1, -0.05) is 0 Å². The summed E-state index contributed by atoms with van der Waals surface area (Å²) in [5.41, 5.74) is -0.676. The van der Waals surface area contributed by atoms with E-state index in [1.54, 1.807) is 0 Å². The molecule has 0 aliphatic rings. The van der Waals surface area contributed by atoms with E-state index in [9.17, 15) is 13.2 Å². The van der Waals surface area contributed by atoms with Crippen molar-refractivity contribution in [3.8, 4) is 5.75 Å². The molecule has 0 saturated heterocycles. The van der Waals surface area contributed by atoms with Crippen LogP contribution in [0, 0.1) is 0 Å². The minimum atomic E-state index is -4.31. The minimum absolute atomic E-state index is 0.153. The Hall–Kier alpha value is -1.23. The Kier molecular flexibility index (Phi) is 5.28. The topological polar surface area (TPSA) is 29.5 Å². The first-order valence-electron chi connectivity index (χ1n) is 5.45. The first-order valence-corrected chi connectivity index (χ1v) is 5.45. The van der Waals surface area contributed by atoms with E-state index in [1.807, 2.05) is 0 Å². The van der Waals surface area contributed by atoms with Crippen molar-refractivity contribution in [2.45, 2.75) is 25.4 Å². The third-order valence-electron chi connectivity index (χ3n) is 2.25. The fourth-order valence-electron chi connectivity index (χ4n) is 1.32. The van der Waals surface area contributed by atoms with Crippen LogP contribution in [0.25, 0.3) is 0 Å². The number of aliphatic hydroxyl groups excluding tert-OH is 1. The van der Waals surface area contributed by atoms with E-state index >= 15 is 0 Å². The molecule has 0 bridgehead atoms. The van der Waals surface area contributed by atoms with Gasteiger partial charge in [0.05, 0.1) is 12.2 Å². The van der Waals surface area contributed by atoms with Gasteiger partial charge in [-0.05, 0) is 43.5 Å². The van der Waals surface area contributed by atoms with Gasteiger partial charge in [0.15, 0.2) is 0 Å². The molecular weight excluding hydrogens is 233 g/mol. The minimum Gasteiger partial charge on any atom is -0.494 e. The van der Waals surface area contributed by atoms with E-state index in [0.717, 1.165) is 31.4 Å². The molecule has 17 heavy (non-hydrogen) atoms. The molecule has 1 rings (SSSR count). The van der Waals surface area contributed by atoms with E-state index in [1.165, 1.54) is 12.1 Å². The molecule has 0 aliphatic carbocycles. The van der Waals surface area contributed by atoms with E-state index in [4.69, 9.17) is 9.84 Å². The number of hydrogen-bond acceptors (Lipinski definition) is 2. The standard InChI is InChI=1S/C12H15F3O2/c13-12(14,15)10-4-6-11(7-5-10)17-9-3-1-2-8-16/h4-7,16H,1-3,8-9H2. The predicted molar refractivity (Wildman–Crippen MR) is 57.9 cm³/mol. The second kappa shape index (κ2) is 6.49. The molecule has 0 amide bonds.